The van der Waals surface area contributed by atoms with Gasteiger partial charge in [0, 0.05) is 22.2 Å². The van der Waals surface area contributed by atoms with Crippen LogP contribution in [0, 0.1) is 0 Å². The van der Waals surface area contributed by atoms with E-state index in [9.17, 15) is 4.79 Å². The number of carbonyl (C=O) groups is 1. The number of amides is 1. The largest absolute Gasteiger partial charge is 0.326 e. The summed E-state index contributed by atoms with van der Waals surface area (Å²) in [6.07, 6.45) is 0.411. The van der Waals surface area contributed by atoms with Gasteiger partial charge in [-0.1, -0.05) is 60.5 Å². The Labute approximate surface area is 128 Å². The monoisotopic (exact) mass is 307 g/mol. The first-order valence-electron chi connectivity index (χ1n) is 6.35. The topological polar surface area (TPSA) is 29.1 Å². The highest BCUT2D eigenvalue weighted by Crippen LogP contribution is 2.24. The van der Waals surface area contributed by atoms with Crippen molar-refractivity contribution in [2.75, 3.05) is 5.32 Å². The fraction of sp³-hybridized carbons (Fsp3) is 0.188. The van der Waals surface area contributed by atoms with Gasteiger partial charge in [-0.3, -0.25) is 4.79 Å². The predicted octanol–water partition coefficient (Wildman–Crippen LogP) is 5.13. The van der Waals surface area contributed by atoms with Crippen LogP contribution < -0.4 is 5.32 Å². The lowest BCUT2D eigenvalue weighted by atomic mass is 9.97. The lowest BCUT2D eigenvalue weighted by Gasteiger charge is -2.12. The van der Waals surface area contributed by atoms with Crippen LogP contribution in [0.3, 0.4) is 0 Å². The van der Waals surface area contributed by atoms with Crippen molar-refractivity contribution in [3.8, 4) is 0 Å². The first kappa shape index (κ1) is 14.9. The van der Waals surface area contributed by atoms with E-state index in [1.54, 1.807) is 18.2 Å². The van der Waals surface area contributed by atoms with Crippen LogP contribution in [0.2, 0.25) is 10.0 Å². The SMILES string of the molecule is C[C@H](CC(=O)Nc1cc(Cl)cc(Cl)c1)c1ccccc1. The van der Waals surface area contributed by atoms with E-state index in [2.05, 4.69) is 5.32 Å². The summed E-state index contributed by atoms with van der Waals surface area (Å²) in [5.41, 5.74) is 1.76. The number of carbonyl (C=O) groups excluding carboxylic acids is 1. The molecule has 0 saturated heterocycles. The number of anilines is 1. The maximum atomic E-state index is 12.0. The molecule has 0 aliphatic carbocycles. The zero-order valence-corrected chi connectivity index (χ0v) is 12.6. The Morgan fingerprint density at radius 2 is 1.70 bits per heavy atom. The number of rotatable bonds is 4. The fourth-order valence-corrected chi connectivity index (χ4v) is 2.54. The van der Waals surface area contributed by atoms with E-state index in [4.69, 9.17) is 23.2 Å². The van der Waals surface area contributed by atoms with Crippen LogP contribution in [0.25, 0.3) is 0 Å². The van der Waals surface area contributed by atoms with Crippen molar-refractivity contribution < 1.29 is 4.79 Å². The summed E-state index contributed by atoms with van der Waals surface area (Å²) in [6.45, 7) is 2.03. The minimum Gasteiger partial charge on any atom is -0.326 e. The van der Waals surface area contributed by atoms with Crippen LogP contribution >= 0.6 is 23.2 Å². The van der Waals surface area contributed by atoms with E-state index >= 15 is 0 Å². The Morgan fingerprint density at radius 3 is 2.30 bits per heavy atom. The molecule has 0 unspecified atom stereocenters. The van der Waals surface area contributed by atoms with Crippen molar-refractivity contribution in [1.29, 1.82) is 0 Å². The molecule has 0 spiro atoms. The van der Waals surface area contributed by atoms with Gasteiger partial charge in [0.1, 0.15) is 0 Å². The minimum atomic E-state index is -0.0558. The molecule has 20 heavy (non-hydrogen) atoms. The average molecular weight is 308 g/mol. The average Bonchev–Trinajstić information content (AvgIpc) is 2.38. The highest BCUT2D eigenvalue weighted by atomic mass is 35.5. The van der Waals surface area contributed by atoms with E-state index in [-0.39, 0.29) is 11.8 Å². The molecule has 4 heteroatoms. The van der Waals surface area contributed by atoms with E-state index in [1.807, 2.05) is 37.3 Å². The highest BCUT2D eigenvalue weighted by Gasteiger charge is 2.11. The second-order valence-corrected chi connectivity index (χ2v) is 5.60. The van der Waals surface area contributed by atoms with Gasteiger partial charge < -0.3 is 5.32 Å². The molecule has 1 atom stereocenters. The summed E-state index contributed by atoms with van der Waals surface area (Å²) in [5.74, 6) is 0.102. The van der Waals surface area contributed by atoms with Crippen molar-refractivity contribution in [3.05, 3.63) is 64.1 Å². The van der Waals surface area contributed by atoms with Crippen molar-refractivity contribution in [3.63, 3.8) is 0 Å². The van der Waals surface area contributed by atoms with Crippen LogP contribution in [0.5, 0.6) is 0 Å². The quantitative estimate of drug-likeness (QED) is 0.834. The van der Waals surface area contributed by atoms with Gasteiger partial charge >= 0.3 is 0 Å². The second-order valence-electron chi connectivity index (χ2n) is 4.72. The molecule has 0 aromatic heterocycles. The molecule has 0 heterocycles. The van der Waals surface area contributed by atoms with Gasteiger partial charge in [-0.2, -0.15) is 0 Å². The third kappa shape index (κ3) is 4.26. The molecule has 0 aliphatic rings. The number of hydrogen-bond donors (Lipinski definition) is 1. The van der Waals surface area contributed by atoms with Crippen molar-refractivity contribution in [1.82, 2.24) is 0 Å². The van der Waals surface area contributed by atoms with Gasteiger partial charge in [0.2, 0.25) is 5.91 Å². The third-order valence-corrected chi connectivity index (χ3v) is 3.44. The molecule has 0 aliphatic heterocycles. The highest BCUT2D eigenvalue weighted by molar-refractivity contribution is 6.35. The summed E-state index contributed by atoms with van der Waals surface area (Å²) in [7, 11) is 0. The van der Waals surface area contributed by atoms with Crippen LogP contribution in [-0.4, -0.2) is 5.91 Å². The second kappa shape index (κ2) is 6.78. The van der Waals surface area contributed by atoms with Crippen molar-refractivity contribution >= 4 is 34.8 Å². The molecule has 2 aromatic carbocycles. The number of hydrogen-bond acceptors (Lipinski definition) is 1. The van der Waals surface area contributed by atoms with Crippen molar-refractivity contribution in [2.24, 2.45) is 0 Å². The summed E-state index contributed by atoms with van der Waals surface area (Å²) >= 11 is 11.8. The van der Waals surface area contributed by atoms with E-state index in [1.165, 1.54) is 0 Å². The lowest BCUT2D eigenvalue weighted by molar-refractivity contribution is -0.116. The number of benzene rings is 2. The number of nitrogens with one attached hydrogen (secondary N) is 1. The fourth-order valence-electron chi connectivity index (χ4n) is 2.02. The first-order chi connectivity index (χ1) is 9.54. The summed E-state index contributed by atoms with van der Waals surface area (Å²) < 4.78 is 0. The van der Waals surface area contributed by atoms with Gasteiger partial charge in [0.25, 0.3) is 0 Å². The van der Waals surface area contributed by atoms with Crippen LogP contribution in [0.15, 0.2) is 48.5 Å². The molecule has 2 aromatic rings. The van der Waals surface area contributed by atoms with E-state index < -0.39 is 0 Å². The summed E-state index contributed by atoms with van der Waals surface area (Å²) in [4.78, 5) is 12.0. The predicted molar refractivity (Wildman–Crippen MR) is 84.6 cm³/mol. The molecule has 2 nitrogen and oxygen atoms in total. The Morgan fingerprint density at radius 1 is 1.10 bits per heavy atom. The summed E-state index contributed by atoms with van der Waals surface area (Å²) in [6, 6.07) is 14.9. The molecule has 104 valence electrons. The van der Waals surface area contributed by atoms with Gasteiger partial charge in [0.05, 0.1) is 0 Å². The van der Waals surface area contributed by atoms with Crippen LogP contribution in [-0.2, 0) is 4.79 Å². The van der Waals surface area contributed by atoms with E-state index in [0.29, 0.717) is 22.2 Å². The normalized spacial score (nSPS) is 11.9. The Balaban J connectivity index is 1.99. The van der Waals surface area contributed by atoms with Crippen LogP contribution in [0.4, 0.5) is 5.69 Å². The molecule has 0 fully saturated rings. The van der Waals surface area contributed by atoms with Gasteiger partial charge in [-0.05, 0) is 29.7 Å². The molecule has 0 saturated carbocycles. The molecule has 0 bridgehead atoms. The van der Waals surface area contributed by atoms with Crippen LogP contribution in [0.1, 0.15) is 24.8 Å². The molecule has 2 rings (SSSR count). The number of halogens is 2. The van der Waals surface area contributed by atoms with Gasteiger partial charge in [0.15, 0.2) is 0 Å². The zero-order chi connectivity index (χ0) is 14.5. The molecule has 0 radical (unpaired) electrons. The molecule has 1 N–H and O–H groups in total. The molecular formula is C16H15Cl2NO. The first-order valence-corrected chi connectivity index (χ1v) is 7.11. The Kier molecular flexibility index (Phi) is 5.05. The maximum Gasteiger partial charge on any atom is 0.224 e. The van der Waals surface area contributed by atoms with Gasteiger partial charge in [-0.25, -0.2) is 0 Å². The zero-order valence-electron chi connectivity index (χ0n) is 11.1. The minimum absolute atomic E-state index is 0.0558. The lowest BCUT2D eigenvalue weighted by Crippen LogP contribution is -2.14. The van der Waals surface area contributed by atoms with E-state index in [0.717, 1.165) is 5.56 Å². The maximum absolute atomic E-state index is 12.0. The van der Waals surface area contributed by atoms with Gasteiger partial charge in [-0.15, -0.1) is 0 Å². The molecular weight excluding hydrogens is 293 g/mol. The summed E-state index contributed by atoms with van der Waals surface area (Å²) in [5, 5.41) is 3.82. The Hall–Kier alpha value is -1.51. The standard InChI is InChI=1S/C16H15Cl2NO/c1-11(12-5-3-2-4-6-12)7-16(20)19-15-9-13(17)8-14(18)10-15/h2-6,8-11H,7H2,1H3,(H,19,20)/t11-/m1/s1. The molecule has 1 amide bonds. The smallest absolute Gasteiger partial charge is 0.224 e. The third-order valence-electron chi connectivity index (χ3n) is 3.01. The van der Waals surface area contributed by atoms with Crippen molar-refractivity contribution in [2.45, 2.75) is 19.3 Å². The Bertz CT molecular complexity index is 578.